The van der Waals surface area contributed by atoms with E-state index in [0.717, 1.165) is 35.2 Å². The van der Waals surface area contributed by atoms with Gasteiger partial charge in [0.25, 0.3) is 0 Å². The van der Waals surface area contributed by atoms with Crippen LogP contribution in [0.1, 0.15) is 47.1 Å². The van der Waals surface area contributed by atoms with Crippen LogP contribution in [0.5, 0.6) is 5.75 Å². The van der Waals surface area contributed by atoms with Crippen LogP contribution in [0.15, 0.2) is 63.5 Å². The number of benzene rings is 3. The summed E-state index contributed by atoms with van der Waals surface area (Å²) in [6.07, 6.45) is 2.11. The van der Waals surface area contributed by atoms with Gasteiger partial charge in [0.1, 0.15) is 29.3 Å². The van der Waals surface area contributed by atoms with Gasteiger partial charge in [-0.25, -0.2) is 4.98 Å². The molecule has 5 aromatic rings. The molecule has 37 heavy (non-hydrogen) atoms. The highest BCUT2D eigenvalue weighted by Crippen LogP contribution is 2.46. The van der Waals surface area contributed by atoms with E-state index in [0.29, 0.717) is 55.0 Å². The van der Waals surface area contributed by atoms with Crippen molar-refractivity contribution in [1.82, 2.24) is 10.1 Å². The molecule has 1 saturated carbocycles. The molecule has 8 heteroatoms. The highest BCUT2D eigenvalue weighted by atomic mass is 35.5. The molecule has 2 heterocycles. The minimum atomic E-state index is 0.240. The SMILES string of the molecule is Cc1nc2ccc(C#Cc3ccc(OCc4c(-c5c(Cl)cccc5Cl)noc4C4CC4)cc3Cl)cc2o1. The lowest BCUT2D eigenvalue weighted by atomic mass is 10.0. The van der Waals surface area contributed by atoms with E-state index >= 15 is 0 Å². The summed E-state index contributed by atoms with van der Waals surface area (Å²) in [4.78, 5) is 4.31. The molecule has 0 bridgehead atoms. The fourth-order valence-corrected chi connectivity index (χ4v) is 4.94. The standard InChI is InChI=1S/C29H19Cl3N2O3/c1-16-33-25-12-6-17(13-26(25)36-16)5-7-18-10-11-20(14-24(18)32)35-15-21-28(34-37-29(21)19-8-9-19)27-22(30)3-2-4-23(27)31/h2-4,6,10-14,19H,8-9,15H2,1H3. The molecule has 0 atom stereocenters. The maximum Gasteiger partial charge on any atom is 0.192 e. The van der Waals surface area contributed by atoms with E-state index in [1.165, 1.54) is 0 Å². The van der Waals surface area contributed by atoms with Gasteiger partial charge in [-0.15, -0.1) is 0 Å². The van der Waals surface area contributed by atoms with Crippen molar-refractivity contribution < 1.29 is 13.7 Å². The van der Waals surface area contributed by atoms with Gasteiger partial charge in [0.05, 0.1) is 20.6 Å². The Hall–Kier alpha value is -3.43. The highest BCUT2D eigenvalue weighted by Gasteiger charge is 2.33. The summed E-state index contributed by atoms with van der Waals surface area (Å²) in [5.74, 6) is 8.63. The summed E-state index contributed by atoms with van der Waals surface area (Å²) in [5, 5.41) is 5.81. The van der Waals surface area contributed by atoms with Crippen LogP contribution in [0.25, 0.3) is 22.4 Å². The molecule has 0 unspecified atom stereocenters. The molecule has 0 amide bonds. The number of rotatable bonds is 5. The molecule has 0 saturated heterocycles. The molecule has 2 aromatic heterocycles. The molecule has 0 aliphatic heterocycles. The van der Waals surface area contributed by atoms with E-state index in [1.54, 1.807) is 24.3 Å². The predicted molar refractivity (Wildman–Crippen MR) is 144 cm³/mol. The van der Waals surface area contributed by atoms with Crippen molar-refractivity contribution in [1.29, 1.82) is 0 Å². The van der Waals surface area contributed by atoms with Crippen molar-refractivity contribution in [2.75, 3.05) is 0 Å². The lowest BCUT2D eigenvalue weighted by molar-refractivity contribution is 0.300. The van der Waals surface area contributed by atoms with Crippen molar-refractivity contribution in [3.05, 3.63) is 98.0 Å². The molecule has 0 N–H and O–H groups in total. The molecular formula is C29H19Cl3N2O3. The average molecular weight is 550 g/mol. The Kier molecular flexibility index (Phi) is 6.34. The number of ether oxygens (including phenoxy) is 1. The number of hydrogen-bond donors (Lipinski definition) is 0. The van der Waals surface area contributed by atoms with Crippen molar-refractivity contribution >= 4 is 45.9 Å². The van der Waals surface area contributed by atoms with E-state index in [1.807, 2.05) is 37.3 Å². The molecular weight excluding hydrogens is 531 g/mol. The minimum Gasteiger partial charge on any atom is -0.489 e. The zero-order valence-corrected chi connectivity index (χ0v) is 21.9. The topological polar surface area (TPSA) is 61.3 Å². The number of aromatic nitrogens is 2. The number of hydrogen-bond acceptors (Lipinski definition) is 5. The number of oxazole rings is 1. The third-order valence-corrected chi connectivity index (χ3v) is 7.07. The Morgan fingerprint density at radius 2 is 1.78 bits per heavy atom. The number of fused-ring (bicyclic) bond motifs is 1. The first-order chi connectivity index (χ1) is 18.0. The average Bonchev–Trinajstić information content (AvgIpc) is 3.52. The van der Waals surface area contributed by atoms with Gasteiger partial charge in [0.15, 0.2) is 11.5 Å². The van der Waals surface area contributed by atoms with E-state index in [2.05, 4.69) is 22.0 Å². The molecule has 1 fully saturated rings. The summed E-state index contributed by atoms with van der Waals surface area (Å²) in [5.41, 5.74) is 5.10. The fourth-order valence-electron chi connectivity index (χ4n) is 4.15. The first kappa shape index (κ1) is 23.9. The van der Waals surface area contributed by atoms with Gasteiger partial charge in [-0.2, -0.15) is 0 Å². The van der Waals surface area contributed by atoms with Crippen LogP contribution in [0.4, 0.5) is 0 Å². The molecule has 184 valence electrons. The zero-order valence-electron chi connectivity index (χ0n) is 19.6. The highest BCUT2D eigenvalue weighted by molar-refractivity contribution is 6.39. The summed E-state index contributed by atoms with van der Waals surface area (Å²) in [6, 6.07) is 16.4. The van der Waals surface area contributed by atoms with Gasteiger partial charge >= 0.3 is 0 Å². The van der Waals surface area contributed by atoms with Gasteiger partial charge in [-0.05, 0) is 55.3 Å². The first-order valence-electron chi connectivity index (χ1n) is 11.7. The third kappa shape index (κ3) is 4.93. The van der Waals surface area contributed by atoms with E-state index < -0.39 is 0 Å². The van der Waals surface area contributed by atoms with Gasteiger partial charge in [0, 0.05) is 35.6 Å². The molecule has 1 aliphatic rings. The van der Waals surface area contributed by atoms with E-state index in [-0.39, 0.29) is 6.61 Å². The van der Waals surface area contributed by atoms with Crippen molar-refractivity contribution in [2.24, 2.45) is 0 Å². The molecule has 5 nitrogen and oxygen atoms in total. The van der Waals surface area contributed by atoms with E-state index in [9.17, 15) is 0 Å². The Labute approximate surface area is 228 Å². The summed E-state index contributed by atoms with van der Waals surface area (Å²) < 4.78 is 17.4. The van der Waals surface area contributed by atoms with Crippen molar-refractivity contribution in [3.8, 4) is 28.8 Å². The van der Waals surface area contributed by atoms with Crippen LogP contribution >= 0.6 is 34.8 Å². The van der Waals surface area contributed by atoms with E-state index in [4.69, 9.17) is 48.5 Å². The zero-order chi connectivity index (χ0) is 25.5. The van der Waals surface area contributed by atoms with Crippen molar-refractivity contribution in [3.63, 3.8) is 0 Å². The first-order valence-corrected chi connectivity index (χ1v) is 12.8. The van der Waals surface area contributed by atoms with Gasteiger partial charge < -0.3 is 13.7 Å². The lowest BCUT2D eigenvalue weighted by Crippen LogP contribution is -2.00. The number of halogens is 3. The minimum absolute atomic E-state index is 0.240. The van der Waals surface area contributed by atoms with Gasteiger partial charge in [-0.1, -0.05) is 57.9 Å². The van der Waals surface area contributed by atoms with Gasteiger partial charge in [0.2, 0.25) is 0 Å². The maximum absolute atomic E-state index is 6.54. The molecule has 0 spiro atoms. The molecule has 6 rings (SSSR count). The lowest BCUT2D eigenvalue weighted by Gasteiger charge is -2.10. The Balaban J connectivity index is 1.23. The summed E-state index contributed by atoms with van der Waals surface area (Å²) >= 11 is 19.4. The van der Waals surface area contributed by atoms with Crippen LogP contribution in [0, 0.1) is 18.8 Å². The Bertz CT molecular complexity index is 1690. The molecule has 3 aromatic carbocycles. The Morgan fingerprint density at radius 1 is 0.973 bits per heavy atom. The van der Waals surface area contributed by atoms with Crippen LogP contribution in [-0.2, 0) is 6.61 Å². The quantitative estimate of drug-likeness (QED) is 0.205. The number of nitrogens with zero attached hydrogens (tertiary/aromatic N) is 2. The molecule has 0 radical (unpaired) electrons. The fraction of sp³-hybridized carbons (Fsp3) is 0.172. The van der Waals surface area contributed by atoms with Crippen LogP contribution in [0.2, 0.25) is 15.1 Å². The Morgan fingerprint density at radius 3 is 2.54 bits per heavy atom. The van der Waals surface area contributed by atoms with Crippen LogP contribution in [0.3, 0.4) is 0 Å². The maximum atomic E-state index is 6.54. The largest absolute Gasteiger partial charge is 0.489 e. The van der Waals surface area contributed by atoms with Crippen molar-refractivity contribution in [2.45, 2.75) is 32.3 Å². The van der Waals surface area contributed by atoms with Gasteiger partial charge in [-0.3, -0.25) is 0 Å². The second-order valence-corrected chi connectivity index (χ2v) is 10.1. The van der Waals surface area contributed by atoms with Crippen LogP contribution in [-0.4, -0.2) is 10.1 Å². The summed E-state index contributed by atoms with van der Waals surface area (Å²) in [7, 11) is 0. The second-order valence-electron chi connectivity index (χ2n) is 8.84. The second kappa shape index (κ2) is 9.79. The third-order valence-electron chi connectivity index (χ3n) is 6.13. The predicted octanol–water partition coefficient (Wildman–Crippen LogP) is 8.61. The number of aryl methyl sites for hydroxylation is 1. The van der Waals surface area contributed by atoms with Crippen LogP contribution < -0.4 is 4.74 Å². The monoisotopic (exact) mass is 548 g/mol. The normalized spacial score (nSPS) is 13.0. The molecule has 1 aliphatic carbocycles. The summed E-state index contributed by atoms with van der Waals surface area (Å²) in [6.45, 7) is 2.06. The smallest absolute Gasteiger partial charge is 0.192 e.